The Morgan fingerprint density at radius 2 is 1.96 bits per heavy atom. The third-order valence-corrected chi connectivity index (χ3v) is 3.29. The number of carboxylic acid groups (broad SMARTS) is 1. The van der Waals surface area contributed by atoms with Crippen molar-refractivity contribution in [3.05, 3.63) is 18.2 Å². The molecule has 1 aliphatic heterocycles. The number of carboxylic acids is 1. The third kappa shape index (κ3) is 5.00. The summed E-state index contributed by atoms with van der Waals surface area (Å²) in [5, 5.41) is 13.5. The molecule has 1 heterocycles. The van der Waals surface area contributed by atoms with Gasteiger partial charge in [-0.15, -0.1) is 12.4 Å². The zero-order chi connectivity index (χ0) is 17.0. The summed E-state index contributed by atoms with van der Waals surface area (Å²) in [4.78, 5) is 35.6. The maximum absolute atomic E-state index is 11.8. The Labute approximate surface area is 144 Å². The van der Waals surface area contributed by atoms with E-state index in [0.29, 0.717) is 17.2 Å². The Balaban J connectivity index is 0.00000288. The molecule has 3 amide bonds. The van der Waals surface area contributed by atoms with Crippen LogP contribution in [0.2, 0.25) is 0 Å². The lowest BCUT2D eigenvalue weighted by molar-refractivity contribution is -0.142. The molecule has 0 bridgehead atoms. The molecule has 1 aromatic carbocycles. The van der Waals surface area contributed by atoms with Gasteiger partial charge in [-0.2, -0.15) is 0 Å². The van der Waals surface area contributed by atoms with Crippen molar-refractivity contribution in [2.75, 3.05) is 25.7 Å². The van der Waals surface area contributed by atoms with E-state index in [1.165, 1.54) is 18.9 Å². The second-order valence-electron chi connectivity index (χ2n) is 5.00. The highest BCUT2D eigenvalue weighted by Gasteiger charge is 2.20. The SMILES string of the molecule is CC(C(=O)O)N(C)CC(=O)NC(=O)Nc1ccc2c(c1)OCO2.Cl. The van der Waals surface area contributed by atoms with Crippen molar-refractivity contribution in [1.82, 2.24) is 10.2 Å². The van der Waals surface area contributed by atoms with Gasteiger partial charge in [-0.25, -0.2) is 4.79 Å². The molecule has 2 rings (SSSR count). The Morgan fingerprint density at radius 3 is 2.62 bits per heavy atom. The van der Waals surface area contributed by atoms with Crippen LogP contribution < -0.4 is 20.1 Å². The van der Waals surface area contributed by atoms with Crippen molar-refractivity contribution in [2.24, 2.45) is 0 Å². The highest BCUT2D eigenvalue weighted by atomic mass is 35.5. The largest absolute Gasteiger partial charge is 0.480 e. The molecule has 0 aromatic heterocycles. The lowest BCUT2D eigenvalue weighted by Crippen LogP contribution is -2.45. The smallest absolute Gasteiger partial charge is 0.325 e. The summed E-state index contributed by atoms with van der Waals surface area (Å²) in [6, 6.07) is 3.27. The van der Waals surface area contributed by atoms with Crippen LogP contribution in [-0.2, 0) is 9.59 Å². The number of likely N-dealkylation sites (N-methyl/N-ethyl adjacent to an activating group) is 1. The molecule has 0 fully saturated rings. The van der Waals surface area contributed by atoms with Gasteiger partial charge in [0.2, 0.25) is 12.7 Å². The van der Waals surface area contributed by atoms with Crippen LogP contribution in [0.5, 0.6) is 11.5 Å². The molecule has 9 nitrogen and oxygen atoms in total. The minimum atomic E-state index is -1.05. The first-order valence-corrected chi connectivity index (χ1v) is 6.80. The summed E-state index contributed by atoms with van der Waals surface area (Å²) in [5.74, 6) is -0.579. The first-order chi connectivity index (χ1) is 10.9. The van der Waals surface area contributed by atoms with Crippen LogP contribution in [0, 0.1) is 0 Å². The third-order valence-electron chi connectivity index (χ3n) is 3.29. The van der Waals surface area contributed by atoms with E-state index in [1.807, 2.05) is 0 Å². The zero-order valence-electron chi connectivity index (χ0n) is 13.1. The van der Waals surface area contributed by atoms with Gasteiger partial charge in [0, 0.05) is 11.8 Å². The second-order valence-corrected chi connectivity index (χ2v) is 5.00. The van der Waals surface area contributed by atoms with Gasteiger partial charge >= 0.3 is 12.0 Å². The molecule has 0 saturated heterocycles. The highest BCUT2D eigenvalue weighted by Crippen LogP contribution is 2.34. The second kappa shape index (κ2) is 8.37. The summed E-state index contributed by atoms with van der Waals surface area (Å²) in [5.41, 5.74) is 0.437. The lowest BCUT2D eigenvalue weighted by Gasteiger charge is -2.20. The van der Waals surface area contributed by atoms with Crippen LogP contribution in [0.25, 0.3) is 0 Å². The van der Waals surface area contributed by atoms with Gasteiger partial charge in [0.25, 0.3) is 0 Å². The van der Waals surface area contributed by atoms with E-state index >= 15 is 0 Å². The number of anilines is 1. The average Bonchev–Trinajstić information content (AvgIpc) is 2.93. The molecule has 3 N–H and O–H groups in total. The molecule has 1 aromatic rings. The molecule has 1 aliphatic rings. The number of urea groups is 1. The maximum Gasteiger partial charge on any atom is 0.325 e. The van der Waals surface area contributed by atoms with Gasteiger partial charge in [-0.05, 0) is 26.1 Å². The van der Waals surface area contributed by atoms with Crippen molar-refractivity contribution in [1.29, 1.82) is 0 Å². The summed E-state index contributed by atoms with van der Waals surface area (Å²) < 4.78 is 10.3. The van der Waals surface area contributed by atoms with Crippen molar-refractivity contribution >= 4 is 36.0 Å². The Bertz CT molecular complexity index is 639. The van der Waals surface area contributed by atoms with Crippen LogP contribution in [-0.4, -0.2) is 54.3 Å². The Hall–Kier alpha value is -2.52. The van der Waals surface area contributed by atoms with Crippen LogP contribution >= 0.6 is 12.4 Å². The van der Waals surface area contributed by atoms with Crippen molar-refractivity contribution in [2.45, 2.75) is 13.0 Å². The molecular weight excluding hydrogens is 342 g/mol. The monoisotopic (exact) mass is 359 g/mol. The van der Waals surface area contributed by atoms with Crippen molar-refractivity contribution in [3.63, 3.8) is 0 Å². The number of halogens is 1. The molecule has 10 heteroatoms. The standard InChI is InChI=1S/C14H17N3O6.ClH/c1-8(13(19)20)17(2)6-12(18)16-14(21)15-9-3-4-10-11(5-9)23-7-22-10;/h3-5,8H,6-7H2,1-2H3,(H,19,20)(H2,15,16,18,21);1H. The van der Waals surface area contributed by atoms with Crippen LogP contribution in [0.3, 0.4) is 0 Å². The van der Waals surface area contributed by atoms with Gasteiger partial charge in [-0.1, -0.05) is 0 Å². The summed E-state index contributed by atoms with van der Waals surface area (Å²) in [6.45, 7) is 1.35. The fourth-order valence-corrected chi connectivity index (χ4v) is 1.85. The fraction of sp³-hybridized carbons (Fsp3) is 0.357. The predicted molar refractivity (Wildman–Crippen MR) is 86.7 cm³/mol. The lowest BCUT2D eigenvalue weighted by atomic mass is 10.3. The summed E-state index contributed by atoms with van der Waals surface area (Å²) in [6.07, 6.45) is 0. The summed E-state index contributed by atoms with van der Waals surface area (Å²) >= 11 is 0. The van der Waals surface area contributed by atoms with E-state index in [9.17, 15) is 14.4 Å². The molecule has 0 saturated carbocycles. The maximum atomic E-state index is 11.8. The number of rotatable bonds is 5. The molecular formula is C14H18ClN3O6. The number of aliphatic carboxylic acids is 1. The number of nitrogens with zero attached hydrogens (tertiary/aromatic N) is 1. The Morgan fingerprint density at radius 1 is 1.29 bits per heavy atom. The first kappa shape index (κ1) is 19.5. The van der Waals surface area contributed by atoms with E-state index in [0.717, 1.165) is 0 Å². The molecule has 1 atom stereocenters. The number of ether oxygens (including phenoxy) is 2. The molecule has 24 heavy (non-hydrogen) atoms. The van der Waals surface area contributed by atoms with Gasteiger partial charge in [0.05, 0.1) is 6.54 Å². The van der Waals surface area contributed by atoms with Crippen LogP contribution in [0.1, 0.15) is 6.92 Å². The topological polar surface area (TPSA) is 117 Å². The first-order valence-electron chi connectivity index (χ1n) is 6.80. The van der Waals surface area contributed by atoms with Crippen LogP contribution in [0.15, 0.2) is 18.2 Å². The van der Waals surface area contributed by atoms with Crippen LogP contribution in [0.4, 0.5) is 10.5 Å². The van der Waals surface area contributed by atoms with E-state index in [2.05, 4.69) is 10.6 Å². The van der Waals surface area contributed by atoms with E-state index in [-0.39, 0.29) is 25.7 Å². The number of hydrogen-bond acceptors (Lipinski definition) is 6. The highest BCUT2D eigenvalue weighted by molar-refractivity contribution is 6.02. The number of benzene rings is 1. The average molecular weight is 360 g/mol. The van der Waals surface area contributed by atoms with Gasteiger partial charge in [0.15, 0.2) is 11.5 Å². The molecule has 0 spiro atoms. The summed E-state index contributed by atoms with van der Waals surface area (Å²) in [7, 11) is 1.48. The number of nitrogens with one attached hydrogen (secondary N) is 2. The van der Waals surface area contributed by atoms with Crippen molar-refractivity contribution < 1.29 is 29.0 Å². The predicted octanol–water partition coefficient (Wildman–Crippen LogP) is 0.890. The Kier molecular flexibility index (Phi) is 6.81. The number of fused-ring (bicyclic) bond motifs is 1. The van der Waals surface area contributed by atoms with Gasteiger partial charge < -0.3 is 19.9 Å². The quantitative estimate of drug-likeness (QED) is 0.714. The minimum absolute atomic E-state index is 0. The van der Waals surface area contributed by atoms with E-state index < -0.39 is 23.9 Å². The molecule has 132 valence electrons. The fourth-order valence-electron chi connectivity index (χ4n) is 1.85. The zero-order valence-corrected chi connectivity index (χ0v) is 13.9. The normalized spacial score (nSPS) is 13.0. The van der Waals surface area contributed by atoms with Crippen molar-refractivity contribution in [3.8, 4) is 11.5 Å². The minimum Gasteiger partial charge on any atom is -0.480 e. The number of imide groups is 1. The van der Waals surface area contributed by atoms with E-state index in [1.54, 1.807) is 18.2 Å². The number of carbonyl (C=O) groups is 3. The van der Waals surface area contributed by atoms with Gasteiger partial charge in [-0.3, -0.25) is 19.8 Å². The van der Waals surface area contributed by atoms with E-state index in [4.69, 9.17) is 14.6 Å². The molecule has 1 unspecified atom stereocenters. The molecule has 0 aliphatic carbocycles. The number of amides is 3. The number of hydrogen-bond donors (Lipinski definition) is 3. The number of carbonyl (C=O) groups excluding carboxylic acids is 2. The van der Waals surface area contributed by atoms with Gasteiger partial charge in [0.1, 0.15) is 6.04 Å². The molecule has 0 radical (unpaired) electrons.